The van der Waals surface area contributed by atoms with Crippen LogP contribution in [0.5, 0.6) is 0 Å². The lowest BCUT2D eigenvalue weighted by atomic mass is 10.1. The van der Waals surface area contributed by atoms with Crippen molar-refractivity contribution in [2.45, 2.75) is 58.3 Å². The maximum absolute atomic E-state index is 3.68. The standard InChI is InChI=1S/C9H18.C4H9N/c1-3-5-7-9-8-6-4-2;1-2-4-5-3-1/h3H,1,4-9H2,2H3;5H,1-4H2. The van der Waals surface area contributed by atoms with E-state index in [1.165, 1.54) is 64.5 Å². The molecule has 14 heavy (non-hydrogen) atoms. The van der Waals surface area contributed by atoms with E-state index in [9.17, 15) is 0 Å². The van der Waals surface area contributed by atoms with Crippen molar-refractivity contribution < 1.29 is 0 Å². The van der Waals surface area contributed by atoms with Gasteiger partial charge in [-0.25, -0.2) is 0 Å². The van der Waals surface area contributed by atoms with Gasteiger partial charge < -0.3 is 5.32 Å². The van der Waals surface area contributed by atoms with Gasteiger partial charge in [-0.3, -0.25) is 0 Å². The molecule has 0 amide bonds. The number of hydrogen-bond acceptors (Lipinski definition) is 1. The molecule has 0 radical (unpaired) electrons. The normalized spacial score (nSPS) is 14.6. The number of hydrogen-bond donors (Lipinski definition) is 1. The Morgan fingerprint density at radius 3 is 2.14 bits per heavy atom. The quantitative estimate of drug-likeness (QED) is 0.503. The molecule has 1 heterocycles. The zero-order valence-electron chi connectivity index (χ0n) is 9.86. The molecule has 0 saturated carbocycles. The van der Waals surface area contributed by atoms with E-state index in [2.05, 4.69) is 18.8 Å². The molecule has 1 aliphatic rings. The van der Waals surface area contributed by atoms with Crippen molar-refractivity contribution in [2.75, 3.05) is 13.1 Å². The van der Waals surface area contributed by atoms with Crippen molar-refractivity contribution in [2.24, 2.45) is 0 Å². The fourth-order valence-electron chi connectivity index (χ4n) is 1.52. The molecule has 84 valence electrons. The Labute approximate surface area is 90.0 Å². The molecule has 1 heteroatoms. The average Bonchev–Trinajstić information content (AvgIpc) is 2.76. The van der Waals surface area contributed by atoms with Gasteiger partial charge in [0.05, 0.1) is 0 Å². The lowest BCUT2D eigenvalue weighted by Gasteiger charge is -1.94. The summed E-state index contributed by atoms with van der Waals surface area (Å²) in [5.41, 5.74) is 0. The molecule has 0 bridgehead atoms. The first kappa shape index (κ1) is 13.7. The smallest absolute Gasteiger partial charge is 0.00484 e. The lowest BCUT2D eigenvalue weighted by molar-refractivity contribution is 0.638. The number of allylic oxidation sites excluding steroid dienone is 1. The predicted octanol–water partition coefficient (Wildman–Crippen LogP) is 3.90. The van der Waals surface area contributed by atoms with Gasteiger partial charge in [0, 0.05) is 0 Å². The van der Waals surface area contributed by atoms with E-state index in [0.717, 1.165) is 0 Å². The van der Waals surface area contributed by atoms with E-state index in [1.54, 1.807) is 0 Å². The Hall–Kier alpha value is -0.300. The topological polar surface area (TPSA) is 12.0 Å². The van der Waals surface area contributed by atoms with Gasteiger partial charge in [-0.1, -0.05) is 38.7 Å². The highest BCUT2D eigenvalue weighted by atomic mass is 14.9. The molecular formula is C13H27N. The van der Waals surface area contributed by atoms with Crippen LogP contribution in [0, 0.1) is 0 Å². The highest BCUT2D eigenvalue weighted by molar-refractivity contribution is 4.65. The van der Waals surface area contributed by atoms with Gasteiger partial charge in [0.25, 0.3) is 0 Å². The first-order valence-corrected chi connectivity index (χ1v) is 6.23. The Morgan fingerprint density at radius 2 is 1.71 bits per heavy atom. The highest BCUT2D eigenvalue weighted by Crippen LogP contribution is 2.04. The third-order valence-electron chi connectivity index (χ3n) is 2.47. The van der Waals surface area contributed by atoms with Gasteiger partial charge >= 0.3 is 0 Å². The summed E-state index contributed by atoms with van der Waals surface area (Å²) < 4.78 is 0. The van der Waals surface area contributed by atoms with Crippen LogP contribution in [0.2, 0.25) is 0 Å². The van der Waals surface area contributed by atoms with E-state index in [4.69, 9.17) is 0 Å². The minimum atomic E-state index is 1.20. The second-order valence-electron chi connectivity index (χ2n) is 3.95. The van der Waals surface area contributed by atoms with Crippen LogP contribution in [0.1, 0.15) is 58.3 Å². The monoisotopic (exact) mass is 197 g/mol. The minimum absolute atomic E-state index is 1.20. The summed E-state index contributed by atoms with van der Waals surface area (Å²) in [5, 5.41) is 3.22. The molecule has 1 aliphatic heterocycles. The van der Waals surface area contributed by atoms with E-state index < -0.39 is 0 Å². The van der Waals surface area contributed by atoms with Gasteiger partial charge in [0.15, 0.2) is 0 Å². The van der Waals surface area contributed by atoms with Crippen LogP contribution in [-0.4, -0.2) is 13.1 Å². The molecule has 0 aliphatic carbocycles. The van der Waals surface area contributed by atoms with E-state index in [1.807, 2.05) is 6.08 Å². The van der Waals surface area contributed by atoms with Crippen LogP contribution in [0.4, 0.5) is 0 Å². The van der Waals surface area contributed by atoms with Gasteiger partial charge in [-0.15, -0.1) is 6.58 Å². The highest BCUT2D eigenvalue weighted by Gasteiger charge is 1.93. The van der Waals surface area contributed by atoms with Crippen molar-refractivity contribution in [3.05, 3.63) is 12.7 Å². The largest absolute Gasteiger partial charge is 0.317 e. The molecule has 0 spiro atoms. The SMILES string of the molecule is C1CCNC1.C=CCCCCCCC. The third-order valence-corrected chi connectivity index (χ3v) is 2.47. The van der Waals surface area contributed by atoms with Crippen LogP contribution in [0.25, 0.3) is 0 Å². The molecule has 0 aromatic heterocycles. The molecule has 1 nitrogen and oxygen atoms in total. The fourth-order valence-corrected chi connectivity index (χ4v) is 1.52. The number of rotatable bonds is 6. The summed E-state index contributed by atoms with van der Waals surface area (Å²) in [4.78, 5) is 0. The van der Waals surface area contributed by atoms with Crippen LogP contribution < -0.4 is 5.32 Å². The summed E-state index contributed by atoms with van der Waals surface area (Å²) >= 11 is 0. The second-order valence-corrected chi connectivity index (χ2v) is 3.95. The lowest BCUT2D eigenvalue weighted by Crippen LogP contribution is -2.03. The van der Waals surface area contributed by atoms with Gasteiger partial charge in [-0.05, 0) is 38.8 Å². The second kappa shape index (κ2) is 12.7. The first-order valence-electron chi connectivity index (χ1n) is 6.23. The van der Waals surface area contributed by atoms with E-state index >= 15 is 0 Å². The molecule has 1 saturated heterocycles. The number of unbranched alkanes of at least 4 members (excludes halogenated alkanes) is 5. The average molecular weight is 197 g/mol. The zero-order chi connectivity index (χ0) is 10.5. The van der Waals surface area contributed by atoms with Crippen molar-refractivity contribution in [3.63, 3.8) is 0 Å². The molecule has 1 N–H and O–H groups in total. The van der Waals surface area contributed by atoms with Crippen molar-refractivity contribution in [1.82, 2.24) is 5.32 Å². The summed E-state index contributed by atoms with van der Waals surface area (Å²) in [6, 6.07) is 0. The van der Waals surface area contributed by atoms with E-state index in [-0.39, 0.29) is 0 Å². The molecule has 1 rings (SSSR count). The Balaban J connectivity index is 0.000000280. The van der Waals surface area contributed by atoms with Crippen LogP contribution in [0.3, 0.4) is 0 Å². The Bertz CT molecular complexity index is 98.2. The minimum Gasteiger partial charge on any atom is -0.317 e. The summed E-state index contributed by atoms with van der Waals surface area (Å²) in [6.45, 7) is 8.42. The van der Waals surface area contributed by atoms with Crippen LogP contribution in [-0.2, 0) is 0 Å². The maximum Gasteiger partial charge on any atom is -0.00484 e. The first-order chi connectivity index (χ1) is 6.91. The van der Waals surface area contributed by atoms with Crippen LogP contribution >= 0.6 is 0 Å². The van der Waals surface area contributed by atoms with Crippen molar-refractivity contribution >= 4 is 0 Å². The molecule has 0 aromatic carbocycles. The van der Waals surface area contributed by atoms with E-state index in [0.29, 0.717) is 0 Å². The summed E-state index contributed by atoms with van der Waals surface area (Å²) in [5.74, 6) is 0. The maximum atomic E-state index is 3.68. The van der Waals surface area contributed by atoms with Crippen molar-refractivity contribution in [1.29, 1.82) is 0 Å². The molecule has 0 aromatic rings. The van der Waals surface area contributed by atoms with Crippen molar-refractivity contribution in [3.8, 4) is 0 Å². The fraction of sp³-hybridized carbons (Fsp3) is 0.846. The summed E-state index contributed by atoms with van der Waals surface area (Å²) in [6.07, 6.45) is 12.9. The van der Waals surface area contributed by atoms with Crippen LogP contribution in [0.15, 0.2) is 12.7 Å². The Morgan fingerprint density at radius 1 is 1.07 bits per heavy atom. The number of nitrogens with one attached hydrogen (secondary N) is 1. The van der Waals surface area contributed by atoms with Gasteiger partial charge in [0.2, 0.25) is 0 Å². The summed E-state index contributed by atoms with van der Waals surface area (Å²) in [7, 11) is 0. The third kappa shape index (κ3) is 11.7. The predicted molar refractivity (Wildman–Crippen MR) is 65.7 cm³/mol. The molecule has 0 unspecified atom stereocenters. The van der Waals surface area contributed by atoms with Gasteiger partial charge in [-0.2, -0.15) is 0 Å². The molecule has 1 fully saturated rings. The van der Waals surface area contributed by atoms with Gasteiger partial charge in [0.1, 0.15) is 0 Å². The molecule has 0 atom stereocenters. The molecular weight excluding hydrogens is 170 g/mol. The zero-order valence-corrected chi connectivity index (χ0v) is 9.86. The Kier molecular flexibility index (Phi) is 12.4.